The van der Waals surface area contributed by atoms with Gasteiger partial charge in [0.05, 0.1) is 28.2 Å². The molecule has 0 aliphatic heterocycles. The number of nitrogens with one attached hydrogen (secondary N) is 3. The van der Waals surface area contributed by atoms with E-state index in [2.05, 4.69) is 91.2 Å². The van der Waals surface area contributed by atoms with Gasteiger partial charge in [-0.25, -0.2) is 4.98 Å². The zero-order valence-corrected chi connectivity index (χ0v) is 20.0. The minimum atomic E-state index is 0.641. The molecule has 5 nitrogen and oxygen atoms in total. The highest BCUT2D eigenvalue weighted by molar-refractivity contribution is 7.22. The van der Waals surface area contributed by atoms with E-state index in [4.69, 9.17) is 9.40 Å². The van der Waals surface area contributed by atoms with Crippen LogP contribution in [0, 0.1) is 20.8 Å². The van der Waals surface area contributed by atoms with Crippen LogP contribution in [0.25, 0.3) is 42.9 Å². The molecule has 0 saturated heterocycles. The number of aromatic amines is 1. The Labute approximate surface area is 201 Å². The van der Waals surface area contributed by atoms with Crippen LogP contribution in [0.3, 0.4) is 0 Å². The molecule has 0 spiro atoms. The maximum atomic E-state index is 5.72. The number of nitrogens with zero attached hydrogens (tertiary/aromatic N) is 1. The maximum absolute atomic E-state index is 5.72. The van der Waals surface area contributed by atoms with Gasteiger partial charge >= 0.3 is 0 Å². The molecule has 0 radical (unpaired) electrons. The fourth-order valence-electron chi connectivity index (χ4n) is 4.36. The molecule has 34 heavy (non-hydrogen) atoms. The van der Waals surface area contributed by atoms with E-state index in [1.807, 2.05) is 12.1 Å². The molecular weight excluding hydrogens is 440 g/mol. The molecule has 0 unspecified atom stereocenters. The summed E-state index contributed by atoms with van der Waals surface area (Å²) in [6.07, 6.45) is 1.72. The van der Waals surface area contributed by atoms with Crippen molar-refractivity contribution in [3.05, 3.63) is 89.7 Å². The predicted molar refractivity (Wildman–Crippen MR) is 143 cm³/mol. The van der Waals surface area contributed by atoms with E-state index in [1.54, 1.807) is 17.6 Å². The first kappa shape index (κ1) is 20.6. The molecule has 0 saturated carbocycles. The molecule has 0 aliphatic carbocycles. The minimum absolute atomic E-state index is 0.641. The topological polar surface area (TPSA) is 65.9 Å². The SMILES string of the molecule is Cc1ccc(-c2nc(NNc3ccc(C)c4ccoc34)[nH]c2-c2sc3ccccc3c2C)cc1. The summed E-state index contributed by atoms with van der Waals surface area (Å²) in [5.41, 5.74) is 14.9. The molecule has 6 rings (SSSR count). The monoisotopic (exact) mass is 464 g/mol. The van der Waals surface area contributed by atoms with Gasteiger partial charge in [-0.15, -0.1) is 11.3 Å². The molecule has 6 aromatic rings. The lowest BCUT2D eigenvalue weighted by Crippen LogP contribution is -2.10. The smallest absolute Gasteiger partial charge is 0.220 e. The third-order valence-electron chi connectivity index (χ3n) is 6.25. The van der Waals surface area contributed by atoms with Crippen molar-refractivity contribution in [1.82, 2.24) is 9.97 Å². The molecule has 3 heterocycles. The number of aromatic nitrogens is 2. The number of furan rings is 1. The average Bonchev–Trinajstić information content (AvgIpc) is 3.57. The van der Waals surface area contributed by atoms with Crippen molar-refractivity contribution in [2.45, 2.75) is 20.8 Å². The van der Waals surface area contributed by atoms with Gasteiger partial charge in [0.15, 0.2) is 5.58 Å². The lowest BCUT2D eigenvalue weighted by atomic mass is 10.1. The number of benzene rings is 3. The molecule has 168 valence electrons. The van der Waals surface area contributed by atoms with E-state index >= 15 is 0 Å². The van der Waals surface area contributed by atoms with Crippen molar-refractivity contribution >= 4 is 44.0 Å². The predicted octanol–water partition coefficient (Wildman–Crippen LogP) is 8.07. The van der Waals surface area contributed by atoms with Gasteiger partial charge in [0, 0.05) is 15.6 Å². The summed E-state index contributed by atoms with van der Waals surface area (Å²) in [4.78, 5) is 9.67. The Bertz CT molecular complexity index is 1640. The van der Waals surface area contributed by atoms with Crippen molar-refractivity contribution in [2.75, 3.05) is 10.9 Å². The normalized spacial score (nSPS) is 11.4. The van der Waals surface area contributed by atoms with E-state index in [1.165, 1.54) is 31.7 Å². The number of hydrazine groups is 1. The molecule has 0 aliphatic rings. The molecule has 0 atom stereocenters. The Morgan fingerprint density at radius 1 is 0.853 bits per heavy atom. The zero-order chi connectivity index (χ0) is 23.2. The van der Waals surface area contributed by atoms with Crippen molar-refractivity contribution in [2.24, 2.45) is 0 Å². The number of anilines is 2. The molecule has 0 bridgehead atoms. The van der Waals surface area contributed by atoms with Crippen molar-refractivity contribution < 1.29 is 4.42 Å². The van der Waals surface area contributed by atoms with Crippen LogP contribution in [0.1, 0.15) is 16.7 Å². The number of imidazole rings is 1. The first-order chi connectivity index (χ1) is 16.6. The standard InChI is InChI=1S/C28H24N4OS/c1-16-8-11-19(12-9-16)24-25(27-18(3)21-6-4-5-7-23(21)34-27)30-28(29-24)32-31-22-13-10-17(2)20-14-15-33-26(20)22/h4-15,31H,1-3H3,(H2,29,30,32). The first-order valence-corrected chi connectivity index (χ1v) is 12.0. The number of thiophene rings is 1. The van der Waals surface area contributed by atoms with E-state index in [0.717, 1.165) is 33.6 Å². The lowest BCUT2D eigenvalue weighted by molar-refractivity contribution is 0.617. The van der Waals surface area contributed by atoms with Crippen LogP contribution in [0.15, 0.2) is 77.4 Å². The number of hydrogen-bond donors (Lipinski definition) is 3. The lowest BCUT2D eigenvalue weighted by Gasteiger charge is -2.08. The molecule has 0 fully saturated rings. The highest BCUT2D eigenvalue weighted by atomic mass is 32.1. The third-order valence-corrected chi connectivity index (χ3v) is 7.54. The van der Waals surface area contributed by atoms with Crippen LogP contribution >= 0.6 is 11.3 Å². The third kappa shape index (κ3) is 3.43. The second-order valence-electron chi connectivity index (χ2n) is 8.57. The number of aryl methyl sites for hydroxylation is 3. The zero-order valence-electron chi connectivity index (χ0n) is 19.2. The van der Waals surface area contributed by atoms with Crippen molar-refractivity contribution in [3.8, 4) is 21.8 Å². The van der Waals surface area contributed by atoms with Crippen LogP contribution in [0.4, 0.5) is 11.6 Å². The molecular formula is C28H24N4OS. The summed E-state index contributed by atoms with van der Waals surface area (Å²) >= 11 is 1.79. The fraction of sp³-hybridized carbons (Fsp3) is 0.107. The van der Waals surface area contributed by atoms with Gasteiger partial charge in [0.1, 0.15) is 0 Å². The Morgan fingerprint density at radius 2 is 1.68 bits per heavy atom. The summed E-state index contributed by atoms with van der Waals surface area (Å²) in [6.45, 7) is 6.35. The second-order valence-corrected chi connectivity index (χ2v) is 9.62. The van der Waals surface area contributed by atoms with Gasteiger partial charge in [0.2, 0.25) is 5.95 Å². The number of fused-ring (bicyclic) bond motifs is 2. The Morgan fingerprint density at radius 3 is 2.50 bits per heavy atom. The van der Waals surface area contributed by atoms with E-state index in [9.17, 15) is 0 Å². The largest absolute Gasteiger partial charge is 0.462 e. The van der Waals surface area contributed by atoms with Crippen LogP contribution in [-0.4, -0.2) is 9.97 Å². The van der Waals surface area contributed by atoms with Gasteiger partial charge in [-0.2, -0.15) is 0 Å². The van der Waals surface area contributed by atoms with E-state index in [-0.39, 0.29) is 0 Å². The summed E-state index contributed by atoms with van der Waals surface area (Å²) in [5.74, 6) is 0.641. The highest BCUT2D eigenvalue weighted by Crippen LogP contribution is 2.41. The molecule has 6 heteroatoms. The van der Waals surface area contributed by atoms with Crippen LogP contribution in [0.5, 0.6) is 0 Å². The molecule has 0 amide bonds. The van der Waals surface area contributed by atoms with E-state index in [0.29, 0.717) is 5.95 Å². The summed E-state index contributed by atoms with van der Waals surface area (Å²) in [5, 5.41) is 2.37. The quantitative estimate of drug-likeness (QED) is 0.226. The summed E-state index contributed by atoms with van der Waals surface area (Å²) < 4.78 is 6.99. The van der Waals surface area contributed by atoms with Gasteiger partial charge in [0.25, 0.3) is 0 Å². The Balaban J connectivity index is 1.42. The molecule has 3 aromatic carbocycles. The maximum Gasteiger partial charge on any atom is 0.220 e. The van der Waals surface area contributed by atoms with Crippen molar-refractivity contribution in [1.29, 1.82) is 0 Å². The van der Waals surface area contributed by atoms with Gasteiger partial charge in [-0.3, -0.25) is 10.9 Å². The Kier molecular flexibility index (Phi) is 4.89. The van der Waals surface area contributed by atoms with Gasteiger partial charge in [-0.1, -0.05) is 54.1 Å². The van der Waals surface area contributed by atoms with Gasteiger partial charge in [-0.05, 0) is 55.5 Å². The fourth-order valence-corrected chi connectivity index (χ4v) is 5.57. The first-order valence-electron chi connectivity index (χ1n) is 11.2. The summed E-state index contributed by atoms with van der Waals surface area (Å²) in [7, 11) is 0. The average molecular weight is 465 g/mol. The van der Waals surface area contributed by atoms with E-state index < -0.39 is 0 Å². The number of H-pyrrole nitrogens is 1. The Hall–Kier alpha value is -4.03. The van der Waals surface area contributed by atoms with Gasteiger partial charge < -0.3 is 9.40 Å². The molecule has 3 aromatic heterocycles. The number of rotatable bonds is 5. The van der Waals surface area contributed by atoms with Crippen LogP contribution < -0.4 is 10.9 Å². The number of hydrogen-bond acceptors (Lipinski definition) is 5. The van der Waals surface area contributed by atoms with Crippen LogP contribution in [0.2, 0.25) is 0 Å². The summed E-state index contributed by atoms with van der Waals surface area (Å²) in [6, 6.07) is 23.1. The van der Waals surface area contributed by atoms with Crippen LogP contribution in [-0.2, 0) is 0 Å². The minimum Gasteiger partial charge on any atom is -0.462 e. The molecule has 3 N–H and O–H groups in total. The second kappa shape index (κ2) is 8.08. The van der Waals surface area contributed by atoms with Crippen molar-refractivity contribution in [3.63, 3.8) is 0 Å². The highest BCUT2D eigenvalue weighted by Gasteiger charge is 2.19.